The average molecular weight is 228 g/mol. The SMILES string of the molecule is C=C(N)C1CN(Cc2ccccc2)CCC1=C. The number of nitrogens with two attached hydrogens (primary N) is 1. The number of benzene rings is 1. The van der Waals surface area contributed by atoms with Crippen LogP contribution in [0.1, 0.15) is 12.0 Å². The van der Waals surface area contributed by atoms with Crippen LogP contribution in [0.5, 0.6) is 0 Å². The van der Waals surface area contributed by atoms with Gasteiger partial charge in [0.15, 0.2) is 0 Å². The van der Waals surface area contributed by atoms with Crippen LogP contribution in [-0.2, 0) is 6.54 Å². The van der Waals surface area contributed by atoms with Crippen LogP contribution in [0.25, 0.3) is 0 Å². The van der Waals surface area contributed by atoms with Crippen LogP contribution in [0, 0.1) is 5.92 Å². The molecule has 0 bridgehead atoms. The Morgan fingerprint density at radius 2 is 2.06 bits per heavy atom. The van der Waals surface area contributed by atoms with Crippen molar-refractivity contribution in [2.75, 3.05) is 13.1 Å². The normalized spacial score (nSPS) is 21.4. The quantitative estimate of drug-likeness (QED) is 0.806. The second-order valence-electron chi connectivity index (χ2n) is 4.76. The predicted molar refractivity (Wildman–Crippen MR) is 72.3 cm³/mol. The molecule has 0 aromatic heterocycles. The Labute approximate surface area is 103 Å². The minimum absolute atomic E-state index is 0.257. The van der Waals surface area contributed by atoms with E-state index in [1.165, 1.54) is 11.1 Å². The summed E-state index contributed by atoms with van der Waals surface area (Å²) in [5, 5.41) is 0. The summed E-state index contributed by atoms with van der Waals surface area (Å²) < 4.78 is 0. The first-order valence-electron chi connectivity index (χ1n) is 6.05. The molecule has 1 atom stereocenters. The van der Waals surface area contributed by atoms with Gasteiger partial charge in [-0.2, -0.15) is 0 Å². The van der Waals surface area contributed by atoms with Crippen molar-refractivity contribution in [2.24, 2.45) is 11.7 Å². The number of hydrogen-bond donors (Lipinski definition) is 1. The highest BCUT2D eigenvalue weighted by atomic mass is 15.1. The number of rotatable bonds is 3. The second kappa shape index (κ2) is 5.19. The summed E-state index contributed by atoms with van der Waals surface area (Å²) in [6.07, 6.45) is 1.02. The van der Waals surface area contributed by atoms with Gasteiger partial charge in [0, 0.05) is 31.2 Å². The lowest BCUT2D eigenvalue weighted by Crippen LogP contribution is -2.37. The van der Waals surface area contributed by atoms with Gasteiger partial charge >= 0.3 is 0 Å². The van der Waals surface area contributed by atoms with E-state index in [1.54, 1.807) is 0 Å². The molecule has 17 heavy (non-hydrogen) atoms. The Morgan fingerprint density at radius 1 is 1.35 bits per heavy atom. The predicted octanol–water partition coefficient (Wildman–Crippen LogP) is 2.54. The van der Waals surface area contributed by atoms with Crippen molar-refractivity contribution >= 4 is 0 Å². The van der Waals surface area contributed by atoms with Gasteiger partial charge in [0.25, 0.3) is 0 Å². The Balaban J connectivity index is 1.99. The lowest BCUT2D eigenvalue weighted by atomic mass is 9.90. The van der Waals surface area contributed by atoms with Crippen molar-refractivity contribution in [3.8, 4) is 0 Å². The van der Waals surface area contributed by atoms with Gasteiger partial charge in [-0.25, -0.2) is 0 Å². The summed E-state index contributed by atoms with van der Waals surface area (Å²) in [6.45, 7) is 11.0. The fourth-order valence-corrected chi connectivity index (χ4v) is 2.32. The van der Waals surface area contributed by atoms with Crippen LogP contribution in [0.2, 0.25) is 0 Å². The van der Waals surface area contributed by atoms with Crippen molar-refractivity contribution < 1.29 is 0 Å². The molecular formula is C15H20N2. The molecule has 0 amide bonds. The van der Waals surface area contributed by atoms with E-state index in [1.807, 2.05) is 6.07 Å². The second-order valence-corrected chi connectivity index (χ2v) is 4.76. The van der Waals surface area contributed by atoms with E-state index < -0.39 is 0 Å². The molecule has 0 aliphatic carbocycles. The first kappa shape index (κ1) is 11.9. The van der Waals surface area contributed by atoms with Crippen LogP contribution in [0.3, 0.4) is 0 Å². The van der Waals surface area contributed by atoms with Crippen molar-refractivity contribution in [1.29, 1.82) is 0 Å². The van der Waals surface area contributed by atoms with Crippen LogP contribution in [-0.4, -0.2) is 18.0 Å². The molecule has 1 heterocycles. The molecule has 1 aromatic carbocycles. The Kier molecular flexibility index (Phi) is 3.64. The van der Waals surface area contributed by atoms with Gasteiger partial charge in [-0.3, -0.25) is 4.90 Å². The van der Waals surface area contributed by atoms with Crippen molar-refractivity contribution in [2.45, 2.75) is 13.0 Å². The minimum Gasteiger partial charge on any atom is -0.402 e. The smallest absolute Gasteiger partial charge is 0.0313 e. The Bertz CT molecular complexity index is 408. The third-order valence-corrected chi connectivity index (χ3v) is 3.38. The largest absolute Gasteiger partial charge is 0.402 e. The summed E-state index contributed by atoms with van der Waals surface area (Å²) in [5.41, 5.74) is 9.15. The van der Waals surface area contributed by atoms with Gasteiger partial charge in [0.1, 0.15) is 0 Å². The monoisotopic (exact) mass is 228 g/mol. The molecule has 2 heteroatoms. The summed E-state index contributed by atoms with van der Waals surface area (Å²) in [4.78, 5) is 2.42. The molecule has 2 nitrogen and oxygen atoms in total. The molecule has 1 fully saturated rings. The molecular weight excluding hydrogens is 208 g/mol. The Hall–Kier alpha value is -1.54. The molecule has 0 spiro atoms. The maximum Gasteiger partial charge on any atom is 0.0313 e. The molecule has 90 valence electrons. The average Bonchev–Trinajstić information content (AvgIpc) is 2.32. The zero-order valence-corrected chi connectivity index (χ0v) is 10.2. The number of piperidine rings is 1. The summed E-state index contributed by atoms with van der Waals surface area (Å²) in [5.74, 6) is 0.257. The lowest BCUT2D eigenvalue weighted by Gasteiger charge is -2.34. The zero-order valence-electron chi connectivity index (χ0n) is 10.2. The molecule has 1 unspecified atom stereocenters. The number of likely N-dealkylation sites (tertiary alicyclic amines) is 1. The highest BCUT2D eigenvalue weighted by molar-refractivity contribution is 5.19. The van der Waals surface area contributed by atoms with E-state index >= 15 is 0 Å². The molecule has 2 rings (SSSR count). The van der Waals surface area contributed by atoms with E-state index in [0.717, 1.165) is 31.8 Å². The first-order chi connectivity index (χ1) is 8.16. The van der Waals surface area contributed by atoms with Gasteiger partial charge in [-0.15, -0.1) is 0 Å². The molecule has 1 aliphatic heterocycles. The summed E-state index contributed by atoms with van der Waals surface area (Å²) in [6, 6.07) is 10.5. The molecule has 1 aromatic rings. The highest BCUT2D eigenvalue weighted by Crippen LogP contribution is 2.25. The summed E-state index contributed by atoms with van der Waals surface area (Å²) in [7, 11) is 0. The highest BCUT2D eigenvalue weighted by Gasteiger charge is 2.23. The van der Waals surface area contributed by atoms with E-state index in [2.05, 4.69) is 42.3 Å². The van der Waals surface area contributed by atoms with Crippen LogP contribution < -0.4 is 5.73 Å². The van der Waals surface area contributed by atoms with Gasteiger partial charge in [-0.05, 0) is 12.0 Å². The van der Waals surface area contributed by atoms with Crippen LogP contribution in [0.15, 0.2) is 54.8 Å². The van der Waals surface area contributed by atoms with Crippen LogP contribution >= 0.6 is 0 Å². The van der Waals surface area contributed by atoms with E-state index in [-0.39, 0.29) is 5.92 Å². The maximum atomic E-state index is 5.83. The molecule has 0 saturated carbocycles. The lowest BCUT2D eigenvalue weighted by molar-refractivity contribution is 0.219. The van der Waals surface area contributed by atoms with Crippen molar-refractivity contribution in [3.63, 3.8) is 0 Å². The van der Waals surface area contributed by atoms with Crippen molar-refractivity contribution in [1.82, 2.24) is 4.90 Å². The van der Waals surface area contributed by atoms with Crippen molar-refractivity contribution in [3.05, 3.63) is 60.3 Å². The third-order valence-electron chi connectivity index (χ3n) is 3.38. The maximum absolute atomic E-state index is 5.83. The van der Waals surface area contributed by atoms with Gasteiger partial charge < -0.3 is 5.73 Å². The molecule has 0 radical (unpaired) electrons. The minimum atomic E-state index is 0.257. The molecule has 1 aliphatic rings. The van der Waals surface area contributed by atoms with Gasteiger partial charge in [0.05, 0.1) is 0 Å². The van der Waals surface area contributed by atoms with E-state index in [4.69, 9.17) is 5.73 Å². The summed E-state index contributed by atoms with van der Waals surface area (Å²) >= 11 is 0. The van der Waals surface area contributed by atoms with E-state index in [9.17, 15) is 0 Å². The first-order valence-corrected chi connectivity index (χ1v) is 6.05. The fraction of sp³-hybridized carbons (Fsp3) is 0.333. The third kappa shape index (κ3) is 2.98. The van der Waals surface area contributed by atoms with Gasteiger partial charge in [-0.1, -0.05) is 49.1 Å². The number of nitrogens with zero attached hydrogens (tertiary/aromatic N) is 1. The fourth-order valence-electron chi connectivity index (χ4n) is 2.32. The van der Waals surface area contributed by atoms with Gasteiger partial charge in [0.2, 0.25) is 0 Å². The van der Waals surface area contributed by atoms with Crippen LogP contribution in [0.4, 0.5) is 0 Å². The molecule has 2 N–H and O–H groups in total. The van der Waals surface area contributed by atoms with E-state index in [0.29, 0.717) is 0 Å². The standard InChI is InChI=1S/C15H20N2/c1-12-8-9-17(11-15(12)13(2)16)10-14-6-4-3-5-7-14/h3-7,15H,1-2,8-11,16H2. The number of hydrogen-bond acceptors (Lipinski definition) is 2. The topological polar surface area (TPSA) is 29.3 Å². The zero-order chi connectivity index (χ0) is 12.3. The Morgan fingerprint density at radius 3 is 2.71 bits per heavy atom. The molecule has 1 saturated heterocycles.